The van der Waals surface area contributed by atoms with Gasteiger partial charge in [-0.2, -0.15) is 0 Å². The van der Waals surface area contributed by atoms with Crippen LogP contribution in [0.25, 0.3) is 5.76 Å². The fourth-order valence-corrected chi connectivity index (χ4v) is 4.48. The SMILES string of the molecule is COc1c(C)cc(C)cc1/C(O)=C1\C(=O)C(=O)N(c2ccc(C(C)C)cc2)C1c1ccccn1. The molecule has 1 unspecified atom stereocenters. The van der Waals surface area contributed by atoms with Crippen LogP contribution in [0.3, 0.4) is 0 Å². The molecule has 3 aromatic rings. The average Bonchev–Trinajstić information content (AvgIpc) is 3.09. The van der Waals surface area contributed by atoms with Crippen molar-refractivity contribution >= 4 is 23.1 Å². The second-order valence-corrected chi connectivity index (χ2v) is 8.83. The Balaban J connectivity index is 1.96. The molecule has 6 heteroatoms. The largest absolute Gasteiger partial charge is 0.507 e. The number of carbonyl (C=O) groups is 2. The van der Waals surface area contributed by atoms with Gasteiger partial charge in [0.1, 0.15) is 17.6 Å². The summed E-state index contributed by atoms with van der Waals surface area (Å²) in [5.74, 6) is -0.970. The van der Waals surface area contributed by atoms with Gasteiger partial charge in [0.2, 0.25) is 0 Å². The third kappa shape index (κ3) is 3.96. The van der Waals surface area contributed by atoms with Crippen LogP contribution in [0.4, 0.5) is 5.69 Å². The summed E-state index contributed by atoms with van der Waals surface area (Å²) in [6, 6.07) is 15.7. The third-order valence-corrected chi connectivity index (χ3v) is 6.13. The number of methoxy groups -OCH3 is 1. The second-order valence-electron chi connectivity index (χ2n) is 8.83. The van der Waals surface area contributed by atoms with E-state index in [-0.39, 0.29) is 11.3 Å². The van der Waals surface area contributed by atoms with Crippen molar-refractivity contribution in [3.63, 3.8) is 0 Å². The summed E-state index contributed by atoms with van der Waals surface area (Å²) in [5, 5.41) is 11.5. The van der Waals surface area contributed by atoms with E-state index in [1.165, 1.54) is 12.0 Å². The van der Waals surface area contributed by atoms with Crippen LogP contribution in [0.15, 0.2) is 66.4 Å². The molecule has 0 bridgehead atoms. The van der Waals surface area contributed by atoms with Gasteiger partial charge in [-0.25, -0.2) is 0 Å². The van der Waals surface area contributed by atoms with Crippen LogP contribution in [0.5, 0.6) is 5.75 Å². The molecule has 1 atom stereocenters. The summed E-state index contributed by atoms with van der Waals surface area (Å²) in [5.41, 5.74) is 4.24. The normalized spacial score (nSPS) is 17.5. The highest BCUT2D eigenvalue weighted by Gasteiger charge is 2.47. The van der Waals surface area contributed by atoms with E-state index in [1.807, 2.05) is 44.2 Å². The second kappa shape index (κ2) is 9.14. The number of aliphatic hydroxyl groups is 1. The van der Waals surface area contributed by atoms with E-state index in [2.05, 4.69) is 18.8 Å². The lowest BCUT2D eigenvalue weighted by Crippen LogP contribution is -2.29. The lowest BCUT2D eigenvalue weighted by Gasteiger charge is -2.25. The Morgan fingerprint density at radius 3 is 2.35 bits per heavy atom. The van der Waals surface area contributed by atoms with Crippen LogP contribution in [0, 0.1) is 13.8 Å². The molecule has 6 nitrogen and oxygen atoms in total. The number of Topliss-reactive ketones (excluding diaryl/α,β-unsaturated/α-hetero) is 1. The van der Waals surface area contributed by atoms with Crippen molar-refractivity contribution < 1.29 is 19.4 Å². The first-order valence-electron chi connectivity index (χ1n) is 11.2. The van der Waals surface area contributed by atoms with E-state index in [9.17, 15) is 14.7 Å². The number of carbonyl (C=O) groups excluding carboxylic acids is 2. The van der Waals surface area contributed by atoms with Crippen molar-refractivity contribution in [2.24, 2.45) is 0 Å². The van der Waals surface area contributed by atoms with Crippen molar-refractivity contribution in [3.8, 4) is 5.75 Å². The number of hydrogen-bond donors (Lipinski definition) is 1. The van der Waals surface area contributed by atoms with Gasteiger partial charge in [-0.1, -0.05) is 38.1 Å². The summed E-state index contributed by atoms with van der Waals surface area (Å²) < 4.78 is 5.54. The minimum atomic E-state index is -0.878. The number of ketones is 1. The van der Waals surface area contributed by atoms with Crippen LogP contribution >= 0.6 is 0 Å². The predicted molar refractivity (Wildman–Crippen MR) is 132 cm³/mol. The maximum atomic E-state index is 13.4. The quantitative estimate of drug-likeness (QED) is 0.313. The van der Waals surface area contributed by atoms with Crippen molar-refractivity contribution in [1.29, 1.82) is 0 Å². The predicted octanol–water partition coefficient (Wildman–Crippen LogP) is 5.46. The van der Waals surface area contributed by atoms with Crippen LogP contribution in [0.2, 0.25) is 0 Å². The summed E-state index contributed by atoms with van der Waals surface area (Å²) in [4.78, 5) is 32.5. The van der Waals surface area contributed by atoms with Gasteiger partial charge in [0, 0.05) is 11.9 Å². The number of aliphatic hydroxyl groups excluding tert-OH is 1. The lowest BCUT2D eigenvalue weighted by molar-refractivity contribution is -0.132. The van der Waals surface area contributed by atoms with Gasteiger partial charge < -0.3 is 9.84 Å². The number of aromatic nitrogens is 1. The van der Waals surface area contributed by atoms with Crippen molar-refractivity contribution in [2.75, 3.05) is 12.0 Å². The van der Waals surface area contributed by atoms with E-state index in [0.717, 1.165) is 16.7 Å². The standard InChI is InChI=1S/C28H28N2O4/c1-16(2)19-9-11-20(12-10-19)30-24(22-8-6-7-13-29-22)23(26(32)28(30)33)25(31)21-15-17(3)14-18(4)27(21)34-5/h6-16,24,31H,1-5H3/b25-23+. The van der Waals surface area contributed by atoms with Gasteiger partial charge in [0.25, 0.3) is 11.7 Å². The zero-order valence-corrected chi connectivity index (χ0v) is 20.0. The van der Waals surface area contributed by atoms with Gasteiger partial charge in [-0.05, 0) is 66.8 Å². The number of benzene rings is 2. The van der Waals surface area contributed by atoms with Crippen molar-refractivity contribution in [3.05, 3.63) is 94.3 Å². The number of pyridine rings is 1. The van der Waals surface area contributed by atoms with Gasteiger partial charge in [-0.3, -0.25) is 19.5 Å². The maximum absolute atomic E-state index is 13.4. The Morgan fingerprint density at radius 1 is 1.06 bits per heavy atom. The third-order valence-electron chi connectivity index (χ3n) is 6.13. The first-order chi connectivity index (χ1) is 16.2. The van der Waals surface area contributed by atoms with Crippen LogP contribution in [0.1, 0.15) is 53.8 Å². The molecule has 1 amide bonds. The highest BCUT2D eigenvalue weighted by Crippen LogP contribution is 2.43. The Kier molecular flexibility index (Phi) is 6.24. The zero-order chi connectivity index (χ0) is 24.6. The van der Waals surface area contributed by atoms with Crippen LogP contribution < -0.4 is 9.64 Å². The fraction of sp³-hybridized carbons (Fsp3) is 0.250. The molecule has 1 aliphatic heterocycles. The molecule has 0 spiro atoms. The van der Waals surface area contributed by atoms with E-state index >= 15 is 0 Å². The molecular weight excluding hydrogens is 428 g/mol. The van der Waals surface area contributed by atoms with E-state index < -0.39 is 17.7 Å². The molecule has 1 N–H and O–H groups in total. The molecule has 2 aromatic carbocycles. The van der Waals surface area contributed by atoms with Gasteiger partial charge >= 0.3 is 0 Å². The number of rotatable bonds is 5. The number of anilines is 1. The molecule has 0 saturated carbocycles. The molecule has 174 valence electrons. The summed E-state index contributed by atoms with van der Waals surface area (Å²) >= 11 is 0. The molecule has 1 fully saturated rings. The van der Waals surface area contributed by atoms with Crippen molar-refractivity contribution in [1.82, 2.24) is 4.98 Å². The highest BCUT2D eigenvalue weighted by molar-refractivity contribution is 6.51. The average molecular weight is 457 g/mol. The fourth-order valence-electron chi connectivity index (χ4n) is 4.48. The van der Waals surface area contributed by atoms with E-state index in [4.69, 9.17) is 4.74 Å². The van der Waals surface area contributed by atoms with Gasteiger partial charge in [0.05, 0.1) is 23.9 Å². The van der Waals surface area contributed by atoms with Gasteiger partial charge in [0.15, 0.2) is 0 Å². The molecule has 1 aliphatic rings. The summed E-state index contributed by atoms with van der Waals surface area (Å²) in [7, 11) is 1.51. The number of ether oxygens (including phenoxy) is 1. The molecule has 2 heterocycles. The maximum Gasteiger partial charge on any atom is 0.300 e. The smallest absolute Gasteiger partial charge is 0.300 e. The Labute approximate surface area is 199 Å². The first kappa shape index (κ1) is 23.2. The molecular formula is C28H28N2O4. The van der Waals surface area contributed by atoms with Crippen molar-refractivity contribution in [2.45, 2.75) is 39.7 Å². The summed E-state index contributed by atoms with van der Waals surface area (Å²) in [6.45, 7) is 7.95. The number of amides is 1. The minimum absolute atomic E-state index is 0.0139. The van der Waals surface area contributed by atoms with Crippen LogP contribution in [-0.4, -0.2) is 28.9 Å². The minimum Gasteiger partial charge on any atom is -0.507 e. The topological polar surface area (TPSA) is 79.7 Å². The number of aryl methyl sites for hydroxylation is 2. The number of hydrogen-bond acceptors (Lipinski definition) is 5. The van der Waals surface area contributed by atoms with Gasteiger partial charge in [-0.15, -0.1) is 0 Å². The molecule has 0 aliphatic carbocycles. The Morgan fingerprint density at radius 2 is 1.76 bits per heavy atom. The highest BCUT2D eigenvalue weighted by atomic mass is 16.5. The molecule has 4 rings (SSSR count). The molecule has 1 aromatic heterocycles. The monoisotopic (exact) mass is 456 g/mol. The zero-order valence-electron chi connectivity index (χ0n) is 20.0. The first-order valence-corrected chi connectivity index (χ1v) is 11.2. The van der Waals surface area contributed by atoms with E-state index in [0.29, 0.717) is 28.6 Å². The number of nitrogens with zero attached hydrogens (tertiary/aromatic N) is 2. The Hall–Kier alpha value is -3.93. The Bertz CT molecular complexity index is 1280. The molecule has 34 heavy (non-hydrogen) atoms. The molecule has 1 saturated heterocycles. The van der Waals surface area contributed by atoms with E-state index in [1.54, 1.807) is 30.5 Å². The molecule has 0 radical (unpaired) electrons. The lowest BCUT2D eigenvalue weighted by atomic mass is 9.95. The van der Waals surface area contributed by atoms with Crippen LogP contribution in [-0.2, 0) is 9.59 Å². The summed E-state index contributed by atoms with van der Waals surface area (Å²) in [6.07, 6.45) is 1.61.